The van der Waals surface area contributed by atoms with Crippen LogP contribution in [-0.2, 0) is 22.2 Å². The highest BCUT2D eigenvalue weighted by Crippen LogP contribution is 2.41. The Labute approximate surface area is 224 Å². The summed E-state index contributed by atoms with van der Waals surface area (Å²) in [6.45, 7) is 3.48. The number of pyridine rings is 1. The molecule has 1 fully saturated rings. The number of hydrogen-bond acceptors (Lipinski definition) is 3. The van der Waals surface area contributed by atoms with Gasteiger partial charge in [-0.05, 0) is 79.5 Å². The molecule has 2 aromatic carbocycles. The largest absolute Gasteiger partial charge is 0.481 e. The summed E-state index contributed by atoms with van der Waals surface area (Å²) >= 11 is 0. The van der Waals surface area contributed by atoms with Crippen molar-refractivity contribution in [2.45, 2.75) is 64.5 Å². The van der Waals surface area contributed by atoms with Crippen LogP contribution in [0.2, 0.25) is 0 Å². The summed E-state index contributed by atoms with van der Waals surface area (Å²) in [5, 5.41) is 12.0. The lowest BCUT2D eigenvalue weighted by Gasteiger charge is -2.25. The molecule has 2 N–H and O–H groups in total. The van der Waals surface area contributed by atoms with Gasteiger partial charge in [-0.15, -0.1) is 0 Å². The van der Waals surface area contributed by atoms with Gasteiger partial charge in [-0.3, -0.25) is 14.6 Å². The van der Waals surface area contributed by atoms with E-state index in [1.807, 2.05) is 6.07 Å². The number of carbonyl (C=O) groups is 2. The van der Waals surface area contributed by atoms with E-state index in [1.165, 1.54) is 12.3 Å². The molecular formula is C30H30F4N2O3. The van der Waals surface area contributed by atoms with Crippen LogP contribution < -0.4 is 5.32 Å². The molecular weight excluding hydrogens is 512 g/mol. The second kappa shape index (κ2) is 11.6. The Morgan fingerprint density at radius 3 is 2.49 bits per heavy atom. The van der Waals surface area contributed by atoms with Gasteiger partial charge >= 0.3 is 12.1 Å². The minimum atomic E-state index is -4.58. The number of halogens is 4. The highest BCUT2D eigenvalue weighted by molar-refractivity contribution is 5.97. The summed E-state index contributed by atoms with van der Waals surface area (Å²) in [6.07, 6.45) is 1.04. The molecule has 206 valence electrons. The van der Waals surface area contributed by atoms with E-state index < -0.39 is 29.4 Å². The molecule has 9 heteroatoms. The second-order valence-electron chi connectivity index (χ2n) is 10.1. The van der Waals surface area contributed by atoms with Gasteiger partial charge in [0, 0.05) is 35.6 Å². The van der Waals surface area contributed by atoms with E-state index in [2.05, 4.69) is 10.3 Å². The molecule has 4 rings (SSSR count). The Balaban J connectivity index is 1.68. The number of carboxylic acid groups (broad SMARTS) is 1. The Hall–Kier alpha value is -3.75. The fourth-order valence-electron chi connectivity index (χ4n) is 5.44. The van der Waals surface area contributed by atoms with Crippen molar-refractivity contribution < 1.29 is 32.3 Å². The van der Waals surface area contributed by atoms with Crippen LogP contribution in [0.1, 0.15) is 65.8 Å². The summed E-state index contributed by atoms with van der Waals surface area (Å²) < 4.78 is 55.4. The standard InChI is InChI=1S/C30H30F4N2O3/c1-17-12-24(25(31)14-23(17)21-13-22(16-35-15-21)30(32,33)34)28(20-6-3-4-7-20)29(39)36-26-9-5-8-19(18(26)2)10-11-27(37)38/h5,8-9,12-16,20,28H,3-4,6-7,10-11H2,1-2H3,(H,36,39)(H,37,38)/t28-/m1/s1. The number of alkyl halides is 3. The van der Waals surface area contributed by atoms with Gasteiger partial charge in [-0.1, -0.05) is 31.0 Å². The number of anilines is 1. The first-order valence-electron chi connectivity index (χ1n) is 12.9. The number of amides is 1. The van der Waals surface area contributed by atoms with E-state index in [0.29, 0.717) is 17.7 Å². The summed E-state index contributed by atoms with van der Waals surface area (Å²) in [4.78, 5) is 28.4. The molecule has 1 saturated carbocycles. The maximum Gasteiger partial charge on any atom is 0.417 e. The van der Waals surface area contributed by atoms with Crippen LogP contribution in [0.4, 0.5) is 23.2 Å². The lowest BCUT2D eigenvalue weighted by molar-refractivity contribution is -0.138. The van der Waals surface area contributed by atoms with Crippen LogP contribution in [0.15, 0.2) is 48.8 Å². The average Bonchev–Trinajstić information content (AvgIpc) is 3.40. The number of aliphatic carboxylic acids is 1. The molecule has 1 aliphatic carbocycles. The average molecular weight is 543 g/mol. The third-order valence-corrected chi connectivity index (χ3v) is 7.52. The number of aromatic nitrogens is 1. The number of aryl methyl sites for hydroxylation is 2. The number of rotatable bonds is 8. The van der Waals surface area contributed by atoms with E-state index in [0.717, 1.165) is 49.1 Å². The molecule has 0 spiro atoms. The monoisotopic (exact) mass is 542 g/mol. The molecule has 1 aliphatic rings. The summed E-state index contributed by atoms with van der Waals surface area (Å²) in [7, 11) is 0. The first kappa shape index (κ1) is 28.3. The number of carbonyl (C=O) groups excluding carboxylic acids is 1. The summed E-state index contributed by atoms with van der Waals surface area (Å²) in [5.74, 6) is -2.82. The third-order valence-electron chi connectivity index (χ3n) is 7.52. The molecule has 1 aromatic heterocycles. The second-order valence-corrected chi connectivity index (χ2v) is 10.1. The van der Waals surface area contributed by atoms with Crippen LogP contribution in [0.3, 0.4) is 0 Å². The van der Waals surface area contributed by atoms with Crippen LogP contribution in [0, 0.1) is 25.6 Å². The zero-order valence-corrected chi connectivity index (χ0v) is 21.7. The molecule has 0 radical (unpaired) electrons. The van der Waals surface area contributed by atoms with Crippen molar-refractivity contribution in [3.8, 4) is 11.1 Å². The maximum atomic E-state index is 15.7. The molecule has 0 bridgehead atoms. The van der Waals surface area contributed by atoms with Crippen LogP contribution in [-0.4, -0.2) is 22.0 Å². The topological polar surface area (TPSA) is 79.3 Å². The van der Waals surface area contributed by atoms with Gasteiger partial charge in [-0.25, -0.2) is 4.39 Å². The van der Waals surface area contributed by atoms with E-state index in [-0.39, 0.29) is 34.9 Å². The Bertz CT molecular complexity index is 1380. The van der Waals surface area contributed by atoms with Gasteiger partial charge in [-0.2, -0.15) is 13.2 Å². The van der Waals surface area contributed by atoms with Gasteiger partial charge < -0.3 is 10.4 Å². The van der Waals surface area contributed by atoms with Crippen LogP contribution >= 0.6 is 0 Å². The number of carboxylic acids is 1. The predicted molar refractivity (Wildman–Crippen MR) is 140 cm³/mol. The van der Waals surface area contributed by atoms with Crippen molar-refractivity contribution in [3.05, 3.63) is 82.4 Å². The van der Waals surface area contributed by atoms with Crippen molar-refractivity contribution in [1.29, 1.82) is 0 Å². The highest BCUT2D eigenvalue weighted by Gasteiger charge is 2.35. The normalized spacial score (nSPS) is 14.8. The van der Waals surface area contributed by atoms with Crippen molar-refractivity contribution in [1.82, 2.24) is 4.98 Å². The summed E-state index contributed by atoms with van der Waals surface area (Å²) in [5.41, 5.74) is 2.33. The fourth-order valence-corrected chi connectivity index (χ4v) is 5.44. The first-order chi connectivity index (χ1) is 18.5. The first-order valence-corrected chi connectivity index (χ1v) is 12.9. The SMILES string of the molecule is Cc1cc([C@H](C(=O)Nc2cccc(CCC(=O)O)c2C)C2CCCC2)c(F)cc1-c1cncc(C(F)(F)F)c1. The fraction of sp³-hybridized carbons (Fsp3) is 0.367. The van der Waals surface area contributed by atoms with Gasteiger partial charge in [0.15, 0.2) is 0 Å². The van der Waals surface area contributed by atoms with Crippen molar-refractivity contribution in [2.24, 2.45) is 5.92 Å². The lowest BCUT2D eigenvalue weighted by atomic mass is 9.82. The Morgan fingerprint density at radius 1 is 1.10 bits per heavy atom. The Kier molecular flexibility index (Phi) is 8.37. The minimum absolute atomic E-state index is 0.0405. The van der Waals surface area contributed by atoms with E-state index >= 15 is 4.39 Å². The molecule has 1 heterocycles. The van der Waals surface area contributed by atoms with Crippen LogP contribution in [0.5, 0.6) is 0 Å². The van der Waals surface area contributed by atoms with Crippen molar-refractivity contribution >= 4 is 17.6 Å². The zero-order chi connectivity index (χ0) is 28.3. The van der Waals surface area contributed by atoms with Crippen molar-refractivity contribution in [3.63, 3.8) is 0 Å². The van der Waals surface area contributed by atoms with Crippen molar-refractivity contribution in [2.75, 3.05) is 5.32 Å². The van der Waals surface area contributed by atoms with E-state index in [4.69, 9.17) is 5.11 Å². The quantitative estimate of drug-likeness (QED) is 0.290. The minimum Gasteiger partial charge on any atom is -0.481 e. The molecule has 0 aliphatic heterocycles. The smallest absolute Gasteiger partial charge is 0.417 e. The molecule has 1 atom stereocenters. The number of nitrogens with one attached hydrogen (secondary N) is 1. The maximum absolute atomic E-state index is 15.7. The molecule has 0 saturated heterocycles. The molecule has 3 aromatic rings. The Morgan fingerprint density at radius 2 is 1.82 bits per heavy atom. The molecule has 5 nitrogen and oxygen atoms in total. The number of benzene rings is 2. The van der Waals surface area contributed by atoms with Gasteiger partial charge in [0.2, 0.25) is 5.91 Å². The molecule has 0 unspecified atom stereocenters. The lowest BCUT2D eigenvalue weighted by Crippen LogP contribution is -2.28. The van der Waals surface area contributed by atoms with Gasteiger partial charge in [0.05, 0.1) is 11.5 Å². The van der Waals surface area contributed by atoms with Gasteiger partial charge in [0.1, 0.15) is 5.82 Å². The van der Waals surface area contributed by atoms with E-state index in [1.54, 1.807) is 32.0 Å². The van der Waals surface area contributed by atoms with Crippen LogP contribution in [0.25, 0.3) is 11.1 Å². The van der Waals surface area contributed by atoms with Gasteiger partial charge in [0.25, 0.3) is 0 Å². The zero-order valence-electron chi connectivity index (χ0n) is 21.7. The summed E-state index contributed by atoms with van der Waals surface area (Å²) in [6, 6.07) is 8.97. The molecule has 1 amide bonds. The number of hydrogen-bond donors (Lipinski definition) is 2. The third kappa shape index (κ3) is 6.46. The van der Waals surface area contributed by atoms with E-state index in [9.17, 15) is 22.8 Å². The number of nitrogens with zero attached hydrogens (tertiary/aromatic N) is 1. The highest BCUT2D eigenvalue weighted by atomic mass is 19.4. The molecule has 39 heavy (non-hydrogen) atoms. The predicted octanol–water partition coefficient (Wildman–Crippen LogP) is 7.45.